The summed E-state index contributed by atoms with van der Waals surface area (Å²) in [6.45, 7) is 6.51. The monoisotopic (exact) mass is 401 g/mol. The third-order valence-electron chi connectivity index (χ3n) is 6.12. The Hall–Kier alpha value is -2.08. The van der Waals surface area contributed by atoms with Crippen LogP contribution in [0.1, 0.15) is 49.4 Å². The first-order valence-electron chi connectivity index (χ1n) is 11.1. The van der Waals surface area contributed by atoms with Crippen molar-refractivity contribution >= 4 is 11.8 Å². The van der Waals surface area contributed by atoms with Crippen LogP contribution < -0.4 is 4.74 Å². The van der Waals surface area contributed by atoms with Gasteiger partial charge in [0.25, 0.3) is 5.91 Å². The van der Waals surface area contributed by atoms with Gasteiger partial charge in [-0.1, -0.05) is 31.4 Å². The number of ether oxygens (including phenoxy) is 1. The molecule has 1 saturated heterocycles. The Balaban J connectivity index is 1.46. The molecule has 2 aliphatic rings. The van der Waals surface area contributed by atoms with Crippen molar-refractivity contribution in [3.63, 3.8) is 0 Å². The molecule has 0 spiro atoms. The first kappa shape index (κ1) is 21.6. The second-order valence-corrected chi connectivity index (χ2v) is 8.28. The number of likely N-dealkylation sites (N-methyl/N-ethyl adjacent to an activating group) is 1. The van der Waals surface area contributed by atoms with E-state index in [4.69, 9.17) is 4.74 Å². The Bertz CT molecular complexity index is 680. The van der Waals surface area contributed by atoms with Crippen molar-refractivity contribution < 1.29 is 14.3 Å². The topological polar surface area (TPSA) is 53.1 Å². The quantitative estimate of drug-likeness (QED) is 0.705. The minimum absolute atomic E-state index is 0.00874. The highest BCUT2D eigenvalue weighted by Crippen LogP contribution is 2.24. The number of rotatable bonds is 7. The van der Waals surface area contributed by atoms with Gasteiger partial charge in [-0.2, -0.15) is 0 Å². The summed E-state index contributed by atoms with van der Waals surface area (Å²) in [5.74, 6) is 1.51. The molecule has 0 N–H and O–H groups in total. The zero-order valence-corrected chi connectivity index (χ0v) is 17.9. The van der Waals surface area contributed by atoms with E-state index in [0.717, 1.165) is 19.6 Å². The van der Waals surface area contributed by atoms with Crippen LogP contribution in [0.25, 0.3) is 0 Å². The highest BCUT2D eigenvalue weighted by atomic mass is 16.5. The van der Waals surface area contributed by atoms with Crippen LogP contribution in [0.4, 0.5) is 0 Å². The van der Waals surface area contributed by atoms with Crippen LogP contribution in [-0.4, -0.2) is 79.4 Å². The van der Waals surface area contributed by atoms with Crippen LogP contribution in [0.3, 0.4) is 0 Å². The fourth-order valence-corrected chi connectivity index (χ4v) is 4.37. The molecule has 0 unspecified atom stereocenters. The average Bonchev–Trinajstić information content (AvgIpc) is 2.75. The highest BCUT2D eigenvalue weighted by molar-refractivity contribution is 5.97. The molecule has 2 amide bonds. The largest absolute Gasteiger partial charge is 0.493 e. The first-order chi connectivity index (χ1) is 14.1. The van der Waals surface area contributed by atoms with Crippen LogP contribution in [0, 0.1) is 5.92 Å². The summed E-state index contributed by atoms with van der Waals surface area (Å²) < 4.78 is 5.60. The molecule has 0 radical (unpaired) electrons. The minimum atomic E-state index is 0.00874. The standard InChI is InChI=1S/C23H35N3O3/c1-3-29-21-12-8-7-11-20(21)23(28)26-15-13-25(14-16-26)18-22(27)24(2)17-19-9-5-4-6-10-19/h7-8,11-12,19H,3-6,9-10,13-18H2,1-2H3. The molecule has 3 rings (SSSR count). The lowest BCUT2D eigenvalue weighted by Gasteiger charge is -2.35. The van der Waals surface area contributed by atoms with Gasteiger partial charge in [0.15, 0.2) is 0 Å². The van der Waals surface area contributed by atoms with E-state index in [-0.39, 0.29) is 11.8 Å². The second kappa shape index (κ2) is 10.6. The van der Waals surface area contributed by atoms with Crippen molar-refractivity contribution in [3.05, 3.63) is 29.8 Å². The number of para-hydroxylation sites is 1. The summed E-state index contributed by atoms with van der Waals surface area (Å²) in [5.41, 5.74) is 0.617. The van der Waals surface area contributed by atoms with Crippen molar-refractivity contribution in [3.8, 4) is 5.75 Å². The van der Waals surface area contributed by atoms with Gasteiger partial charge in [0, 0.05) is 39.8 Å². The summed E-state index contributed by atoms with van der Waals surface area (Å²) in [5, 5.41) is 0. The fraction of sp³-hybridized carbons (Fsp3) is 0.652. The van der Waals surface area contributed by atoms with Gasteiger partial charge in [0.05, 0.1) is 18.7 Å². The smallest absolute Gasteiger partial charge is 0.257 e. The molecular weight excluding hydrogens is 366 g/mol. The molecule has 1 aliphatic heterocycles. The zero-order valence-electron chi connectivity index (χ0n) is 17.9. The average molecular weight is 402 g/mol. The molecular formula is C23H35N3O3. The van der Waals surface area contributed by atoms with E-state index in [1.165, 1.54) is 32.1 Å². The third-order valence-corrected chi connectivity index (χ3v) is 6.12. The van der Waals surface area contributed by atoms with Crippen LogP contribution in [0.15, 0.2) is 24.3 Å². The summed E-state index contributed by atoms with van der Waals surface area (Å²) >= 11 is 0. The predicted octanol–water partition coefficient (Wildman–Crippen LogP) is 2.88. The van der Waals surface area contributed by atoms with Crippen LogP contribution >= 0.6 is 0 Å². The zero-order chi connectivity index (χ0) is 20.6. The Morgan fingerprint density at radius 1 is 1.07 bits per heavy atom. The van der Waals surface area contributed by atoms with Crippen molar-refractivity contribution in [2.45, 2.75) is 39.0 Å². The number of hydrogen-bond donors (Lipinski definition) is 0. The Labute approximate surface area is 174 Å². The summed E-state index contributed by atoms with van der Waals surface area (Å²) in [4.78, 5) is 31.5. The van der Waals surface area contributed by atoms with Gasteiger partial charge in [0.2, 0.25) is 5.91 Å². The van der Waals surface area contributed by atoms with Crippen LogP contribution in [-0.2, 0) is 4.79 Å². The van der Waals surface area contributed by atoms with Gasteiger partial charge in [-0.25, -0.2) is 0 Å². The molecule has 0 bridgehead atoms. The van der Waals surface area contributed by atoms with Gasteiger partial charge >= 0.3 is 0 Å². The maximum atomic E-state index is 12.9. The number of nitrogens with zero attached hydrogens (tertiary/aromatic N) is 3. The van der Waals surface area contributed by atoms with Gasteiger partial charge in [-0.3, -0.25) is 14.5 Å². The van der Waals surface area contributed by atoms with Crippen molar-refractivity contribution in [1.82, 2.24) is 14.7 Å². The molecule has 1 aliphatic carbocycles. The van der Waals surface area contributed by atoms with E-state index in [1.54, 1.807) is 0 Å². The van der Waals surface area contributed by atoms with Crippen molar-refractivity contribution in [2.75, 3.05) is 52.9 Å². The van der Waals surface area contributed by atoms with Crippen molar-refractivity contribution in [1.29, 1.82) is 0 Å². The number of piperazine rings is 1. The maximum absolute atomic E-state index is 12.9. The Morgan fingerprint density at radius 3 is 2.45 bits per heavy atom. The van der Waals surface area contributed by atoms with Crippen LogP contribution in [0.2, 0.25) is 0 Å². The summed E-state index contributed by atoms with van der Waals surface area (Å²) in [6, 6.07) is 7.42. The maximum Gasteiger partial charge on any atom is 0.257 e. The third kappa shape index (κ3) is 5.95. The lowest BCUT2D eigenvalue weighted by molar-refractivity contribution is -0.132. The van der Waals surface area contributed by atoms with E-state index in [2.05, 4.69) is 4.90 Å². The van der Waals surface area contributed by atoms with E-state index in [0.29, 0.717) is 43.5 Å². The molecule has 6 heteroatoms. The van der Waals surface area contributed by atoms with E-state index in [9.17, 15) is 9.59 Å². The van der Waals surface area contributed by atoms with Gasteiger partial charge in [-0.15, -0.1) is 0 Å². The summed E-state index contributed by atoms with van der Waals surface area (Å²) in [6.07, 6.45) is 6.44. The normalized spacial score (nSPS) is 18.5. The molecule has 2 fully saturated rings. The molecule has 29 heavy (non-hydrogen) atoms. The van der Waals surface area contributed by atoms with Crippen molar-refractivity contribution in [2.24, 2.45) is 5.92 Å². The second-order valence-electron chi connectivity index (χ2n) is 8.28. The van der Waals surface area contributed by atoms with E-state index >= 15 is 0 Å². The summed E-state index contributed by atoms with van der Waals surface area (Å²) in [7, 11) is 1.93. The number of carbonyl (C=O) groups is 2. The molecule has 1 heterocycles. The number of benzene rings is 1. The van der Waals surface area contributed by atoms with Gasteiger partial charge < -0.3 is 14.5 Å². The SMILES string of the molecule is CCOc1ccccc1C(=O)N1CCN(CC(=O)N(C)CC2CCCCC2)CC1. The lowest BCUT2D eigenvalue weighted by Crippen LogP contribution is -2.51. The number of hydrogen-bond acceptors (Lipinski definition) is 4. The molecule has 160 valence electrons. The molecule has 1 saturated carbocycles. The van der Waals surface area contributed by atoms with E-state index in [1.807, 2.05) is 48.0 Å². The van der Waals surface area contributed by atoms with Gasteiger partial charge in [-0.05, 0) is 37.8 Å². The van der Waals surface area contributed by atoms with Gasteiger partial charge in [0.1, 0.15) is 5.75 Å². The number of amides is 2. The highest BCUT2D eigenvalue weighted by Gasteiger charge is 2.26. The van der Waals surface area contributed by atoms with Crippen LogP contribution in [0.5, 0.6) is 5.75 Å². The minimum Gasteiger partial charge on any atom is -0.493 e. The first-order valence-corrected chi connectivity index (χ1v) is 11.1. The molecule has 1 aromatic carbocycles. The fourth-order valence-electron chi connectivity index (χ4n) is 4.37. The molecule has 1 aromatic rings. The predicted molar refractivity (Wildman–Crippen MR) is 114 cm³/mol. The lowest BCUT2D eigenvalue weighted by atomic mass is 9.89. The Kier molecular flexibility index (Phi) is 7.92. The Morgan fingerprint density at radius 2 is 1.76 bits per heavy atom. The number of carbonyl (C=O) groups excluding carboxylic acids is 2. The molecule has 6 nitrogen and oxygen atoms in total. The molecule has 0 aromatic heterocycles. The molecule has 0 atom stereocenters. The van der Waals surface area contributed by atoms with E-state index < -0.39 is 0 Å².